The number of hydrogen-bond donors (Lipinski definition) is 6. The maximum absolute atomic E-state index is 13.0. The number of nitrogens with zero attached hydrogens (tertiary/aromatic N) is 1. The molecule has 3 atom stereocenters. The summed E-state index contributed by atoms with van der Waals surface area (Å²) in [6.07, 6.45) is 3.01. The largest absolute Gasteiger partial charge is 0.508 e. The lowest BCUT2D eigenvalue weighted by atomic mass is 10.0. The van der Waals surface area contributed by atoms with Crippen LogP contribution >= 0.6 is 0 Å². The second kappa shape index (κ2) is 11.8. The van der Waals surface area contributed by atoms with Crippen molar-refractivity contribution < 1.29 is 29.4 Å². The summed E-state index contributed by atoms with van der Waals surface area (Å²) >= 11 is 0. The van der Waals surface area contributed by atoms with Crippen LogP contribution in [0.5, 0.6) is 5.75 Å². The number of aliphatic carboxylic acids is 1. The van der Waals surface area contributed by atoms with Crippen LogP contribution in [0.15, 0.2) is 54.7 Å². The third-order valence-corrected chi connectivity index (χ3v) is 6.73. The Labute approximate surface area is 219 Å². The molecular formula is C27H31N5O6. The molecule has 11 heteroatoms. The first-order valence-corrected chi connectivity index (χ1v) is 12.4. The molecule has 1 aromatic heterocycles. The van der Waals surface area contributed by atoms with Crippen LogP contribution in [0.4, 0.5) is 0 Å². The molecule has 7 N–H and O–H groups in total. The number of aromatic hydroxyl groups is 1. The van der Waals surface area contributed by atoms with Crippen molar-refractivity contribution in [2.24, 2.45) is 5.73 Å². The highest BCUT2D eigenvalue weighted by molar-refractivity contribution is 5.93. The topological polar surface area (TPSA) is 178 Å². The summed E-state index contributed by atoms with van der Waals surface area (Å²) in [4.78, 5) is 54.7. The molecular weight excluding hydrogens is 490 g/mol. The van der Waals surface area contributed by atoms with Gasteiger partial charge in [0.25, 0.3) is 0 Å². The van der Waals surface area contributed by atoms with E-state index in [1.807, 2.05) is 24.3 Å². The fourth-order valence-electron chi connectivity index (χ4n) is 4.70. The second-order valence-corrected chi connectivity index (χ2v) is 9.40. The molecule has 1 aliphatic rings. The predicted octanol–water partition coefficient (Wildman–Crippen LogP) is 0.663. The number of nitrogens with two attached hydrogens (primary N) is 1. The summed E-state index contributed by atoms with van der Waals surface area (Å²) in [5, 5.41) is 25.1. The molecule has 3 amide bonds. The average Bonchev–Trinajstić information content (AvgIpc) is 3.56. The molecule has 0 aliphatic carbocycles. The van der Waals surface area contributed by atoms with Crippen LogP contribution < -0.4 is 16.4 Å². The minimum Gasteiger partial charge on any atom is -0.508 e. The van der Waals surface area contributed by atoms with Crippen LogP contribution in [0.25, 0.3) is 10.9 Å². The quantitative estimate of drug-likeness (QED) is 0.227. The summed E-state index contributed by atoms with van der Waals surface area (Å²) in [5.74, 6) is -2.57. The number of carbonyl (C=O) groups is 4. The molecule has 38 heavy (non-hydrogen) atoms. The van der Waals surface area contributed by atoms with Gasteiger partial charge in [-0.15, -0.1) is 0 Å². The van der Waals surface area contributed by atoms with E-state index in [0.29, 0.717) is 19.4 Å². The number of aromatic amines is 1. The molecule has 1 aliphatic heterocycles. The molecule has 4 rings (SSSR count). The Balaban J connectivity index is 1.32. The number of para-hydroxylation sites is 1. The first-order chi connectivity index (χ1) is 18.2. The van der Waals surface area contributed by atoms with Gasteiger partial charge in [0.1, 0.15) is 17.8 Å². The van der Waals surface area contributed by atoms with Gasteiger partial charge in [0.05, 0.1) is 12.6 Å². The van der Waals surface area contributed by atoms with E-state index in [1.165, 1.54) is 17.0 Å². The zero-order valence-electron chi connectivity index (χ0n) is 20.7. The number of aromatic nitrogens is 1. The molecule has 1 fully saturated rings. The van der Waals surface area contributed by atoms with Gasteiger partial charge in [0.2, 0.25) is 17.7 Å². The number of carbonyl (C=O) groups excluding carboxylic acids is 3. The molecule has 0 saturated carbocycles. The first kappa shape index (κ1) is 26.7. The van der Waals surface area contributed by atoms with E-state index in [-0.39, 0.29) is 25.1 Å². The Morgan fingerprint density at radius 1 is 1.08 bits per heavy atom. The van der Waals surface area contributed by atoms with Gasteiger partial charge in [0.15, 0.2) is 0 Å². The van der Waals surface area contributed by atoms with Crippen molar-refractivity contribution in [3.05, 3.63) is 65.9 Å². The summed E-state index contributed by atoms with van der Waals surface area (Å²) < 4.78 is 0. The Bertz CT molecular complexity index is 1320. The van der Waals surface area contributed by atoms with E-state index in [9.17, 15) is 29.4 Å². The Hall–Kier alpha value is -4.38. The number of carboxylic acid groups (broad SMARTS) is 1. The number of rotatable bonds is 10. The maximum atomic E-state index is 13.0. The molecule has 3 unspecified atom stereocenters. The van der Waals surface area contributed by atoms with Crippen LogP contribution in [0.2, 0.25) is 0 Å². The third-order valence-electron chi connectivity index (χ3n) is 6.73. The van der Waals surface area contributed by atoms with Crippen molar-refractivity contribution in [2.75, 3.05) is 13.1 Å². The number of amides is 3. The first-order valence-electron chi connectivity index (χ1n) is 12.4. The lowest BCUT2D eigenvalue weighted by Crippen LogP contribution is -2.53. The van der Waals surface area contributed by atoms with Gasteiger partial charge in [0, 0.05) is 30.1 Å². The second-order valence-electron chi connectivity index (χ2n) is 9.40. The van der Waals surface area contributed by atoms with Gasteiger partial charge >= 0.3 is 5.97 Å². The third kappa shape index (κ3) is 6.30. The Morgan fingerprint density at radius 3 is 2.55 bits per heavy atom. The van der Waals surface area contributed by atoms with E-state index in [0.717, 1.165) is 22.0 Å². The van der Waals surface area contributed by atoms with E-state index in [4.69, 9.17) is 5.73 Å². The van der Waals surface area contributed by atoms with Gasteiger partial charge in [-0.3, -0.25) is 14.4 Å². The van der Waals surface area contributed by atoms with Crippen LogP contribution in [-0.2, 0) is 32.0 Å². The molecule has 1 saturated heterocycles. The van der Waals surface area contributed by atoms with Crippen molar-refractivity contribution in [1.29, 1.82) is 0 Å². The smallest absolute Gasteiger partial charge is 0.326 e. The molecule has 0 bridgehead atoms. The van der Waals surface area contributed by atoms with Crippen LogP contribution in [0.1, 0.15) is 24.0 Å². The highest BCUT2D eigenvalue weighted by Crippen LogP contribution is 2.21. The molecule has 0 radical (unpaired) electrons. The van der Waals surface area contributed by atoms with Crippen molar-refractivity contribution in [1.82, 2.24) is 20.5 Å². The van der Waals surface area contributed by atoms with Crippen LogP contribution in [0, 0.1) is 0 Å². The number of phenolic OH excluding ortho intramolecular Hbond substituents is 1. The van der Waals surface area contributed by atoms with Gasteiger partial charge in [-0.1, -0.05) is 30.3 Å². The van der Waals surface area contributed by atoms with Gasteiger partial charge in [-0.25, -0.2) is 4.79 Å². The number of hydrogen-bond acceptors (Lipinski definition) is 6. The number of fused-ring (bicyclic) bond motifs is 1. The van der Waals surface area contributed by atoms with Crippen molar-refractivity contribution in [3.63, 3.8) is 0 Å². The van der Waals surface area contributed by atoms with Crippen molar-refractivity contribution in [3.8, 4) is 5.75 Å². The number of phenols is 1. The summed E-state index contributed by atoms with van der Waals surface area (Å²) in [6, 6.07) is 10.9. The molecule has 3 aromatic rings. The molecule has 0 spiro atoms. The minimum absolute atomic E-state index is 0.0841. The van der Waals surface area contributed by atoms with E-state index >= 15 is 0 Å². The van der Waals surface area contributed by atoms with Crippen molar-refractivity contribution >= 4 is 34.6 Å². The van der Waals surface area contributed by atoms with E-state index in [2.05, 4.69) is 15.6 Å². The molecule has 2 aromatic carbocycles. The minimum atomic E-state index is -1.17. The zero-order valence-corrected chi connectivity index (χ0v) is 20.7. The number of benzene rings is 2. The summed E-state index contributed by atoms with van der Waals surface area (Å²) in [6.45, 7) is -0.00384. The number of likely N-dealkylation sites (tertiary alicyclic amines) is 1. The molecule has 2 heterocycles. The van der Waals surface area contributed by atoms with Gasteiger partial charge in [-0.2, -0.15) is 0 Å². The van der Waals surface area contributed by atoms with E-state index in [1.54, 1.807) is 18.3 Å². The standard InChI is InChI=1S/C27H31N5O6/c28-20(12-16-7-9-18(33)10-8-16)25(35)30-15-24(34)32-11-3-6-23(32)26(36)31-22(27(37)38)13-17-14-29-21-5-2-1-4-19(17)21/h1-2,4-5,7-10,14,20,22-23,29,33H,3,6,11-13,15,28H2,(H,30,35)(H,31,36)(H,37,38). The summed E-state index contributed by atoms with van der Waals surface area (Å²) in [5.41, 5.74) is 8.35. The highest BCUT2D eigenvalue weighted by Gasteiger charge is 2.36. The SMILES string of the molecule is NC(Cc1ccc(O)cc1)C(=O)NCC(=O)N1CCCC1C(=O)NC(Cc1c[nH]c2ccccc12)C(=O)O. The van der Waals surface area contributed by atoms with Crippen LogP contribution in [-0.4, -0.2) is 75.0 Å². The van der Waals surface area contributed by atoms with Gasteiger partial charge < -0.3 is 36.5 Å². The Kier molecular flexibility index (Phi) is 8.27. The molecule has 200 valence electrons. The lowest BCUT2D eigenvalue weighted by Gasteiger charge is -2.26. The number of H-pyrrole nitrogens is 1. The number of carboxylic acids is 1. The van der Waals surface area contributed by atoms with Crippen molar-refractivity contribution in [2.45, 2.75) is 43.8 Å². The number of nitrogens with one attached hydrogen (secondary N) is 3. The highest BCUT2D eigenvalue weighted by atomic mass is 16.4. The van der Waals surface area contributed by atoms with E-state index < -0.39 is 41.8 Å². The average molecular weight is 522 g/mol. The van der Waals surface area contributed by atoms with Gasteiger partial charge in [-0.05, 0) is 48.6 Å². The summed E-state index contributed by atoms with van der Waals surface area (Å²) in [7, 11) is 0. The lowest BCUT2D eigenvalue weighted by molar-refractivity contribution is -0.144. The monoisotopic (exact) mass is 521 g/mol. The fourth-order valence-corrected chi connectivity index (χ4v) is 4.70. The zero-order chi connectivity index (χ0) is 27.2. The maximum Gasteiger partial charge on any atom is 0.326 e. The Morgan fingerprint density at radius 2 is 1.82 bits per heavy atom. The normalized spacial score (nSPS) is 16.7. The predicted molar refractivity (Wildman–Crippen MR) is 139 cm³/mol. The molecule has 11 nitrogen and oxygen atoms in total. The van der Waals surface area contributed by atoms with Crippen LogP contribution in [0.3, 0.4) is 0 Å². The fraction of sp³-hybridized carbons (Fsp3) is 0.333.